The van der Waals surface area contributed by atoms with Crippen molar-refractivity contribution < 1.29 is 9.90 Å². The Morgan fingerprint density at radius 1 is 1.38 bits per heavy atom. The highest BCUT2D eigenvalue weighted by molar-refractivity contribution is 5.65. The third-order valence-corrected chi connectivity index (χ3v) is 3.57. The van der Waals surface area contributed by atoms with Gasteiger partial charge in [-0.25, -0.2) is 4.79 Å². The Kier molecular flexibility index (Phi) is 2.15. The second-order valence-electron chi connectivity index (χ2n) is 4.15. The molecule has 4 heteroatoms. The van der Waals surface area contributed by atoms with E-state index >= 15 is 0 Å². The molecule has 1 unspecified atom stereocenters. The van der Waals surface area contributed by atoms with E-state index in [1.807, 2.05) is 0 Å². The number of amides is 1. The Morgan fingerprint density at radius 2 is 2.08 bits per heavy atom. The molecule has 13 heavy (non-hydrogen) atoms. The number of piperidine rings is 1. The van der Waals surface area contributed by atoms with Crippen molar-refractivity contribution in [3.8, 4) is 0 Å². The van der Waals surface area contributed by atoms with Crippen molar-refractivity contribution in [2.75, 3.05) is 13.1 Å². The van der Waals surface area contributed by atoms with Crippen LogP contribution < -0.4 is 10.6 Å². The normalized spacial score (nSPS) is 30.9. The van der Waals surface area contributed by atoms with Gasteiger partial charge in [-0.2, -0.15) is 0 Å². The first-order valence-corrected chi connectivity index (χ1v) is 4.93. The summed E-state index contributed by atoms with van der Waals surface area (Å²) in [4.78, 5) is 10.5. The minimum Gasteiger partial charge on any atom is -0.465 e. The van der Waals surface area contributed by atoms with E-state index in [0.29, 0.717) is 5.41 Å². The van der Waals surface area contributed by atoms with Gasteiger partial charge in [0, 0.05) is 6.04 Å². The first-order valence-electron chi connectivity index (χ1n) is 4.93. The van der Waals surface area contributed by atoms with Crippen LogP contribution in [0.2, 0.25) is 0 Å². The number of carboxylic acid groups (broad SMARTS) is 1. The summed E-state index contributed by atoms with van der Waals surface area (Å²) in [5, 5.41) is 14.6. The van der Waals surface area contributed by atoms with Crippen molar-refractivity contribution in [1.29, 1.82) is 0 Å². The molecule has 2 fully saturated rings. The maximum atomic E-state index is 10.5. The lowest BCUT2D eigenvalue weighted by atomic mass is 9.59. The Bertz CT molecular complexity index is 212. The first-order chi connectivity index (χ1) is 6.23. The predicted molar refractivity (Wildman–Crippen MR) is 48.7 cm³/mol. The van der Waals surface area contributed by atoms with Crippen molar-refractivity contribution in [2.45, 2.75) is 31.7 Å². The molecule has 0 aromatic heterocycles. The number of hydrogen-bond acceptors (Lipinski definition) is 2. The maximum Gasteiger partial charge on any atom is 0.404 e. The first kappa shape index (κ1) is 8.81. The molecule has 1 saturated carbocycles. The van der Waals surface area contributed by atoms with Crippen LogP contribution >= 0.6 is 0 Å². The van der Waals surface area contributed by atoms with Crippen LogP contribution in [-0.2, 0) is 0 Å². The van der Waals surface area contributed by atoms with Crippen LogP contribution in [-0.4, -0.2) is 30.3 Å². The van der Waals surface area contributed by atoms with Gasteiger partial charge in [0.15, 0.2) is 0 Å². The molecule has 3 N–H and O–H groups in total. The van der Waals surface area contributed by atoms with E-state index in [1.54, 1.807) is 0 Å². The topological polar surface area (TPSA) is 61.4 Å². The molecule has 1 atom stereocenters. The van der Waals surface area contributed by atoms with Crippen molar-refractivity contribution in [3.05, 3.63) is 0 Å². The highest BCUT2D eigenvalue weighted by Gasteiger charge is 2.47. The molecule has 1 saturated heterocycles. The van der Waals surface area contributed by atoms with E-state index in [2.05, 4.69) is 10.6 Å². The Morgan fingerprint density at radius 3 is 2.54 bits per heavy atom. The van der Waals surface area contributed by atoms with Gasteiger partial charge in [0.1, 0.15) is 0 Å². The molecule has 0 bridgehead atoms. The highest BCUT2D eigenvalue weighted by atomic mass is 16.4. The molecule has 1 aliphatic carbocycles. The van der Waals surface area contributed by atoms with Crippen LogP contribution in [0.15, 0.2) is 0 Å². The van der Waals surface area contributed by atoms with Crippen molar-refractivity contribution in [3.63, 3.8) is 0 Å². The van der Waals surface area contributed by atoms with Crippen molar-refractivity contribution >= 4 is 6.09 Å². The average molecular weight is 184 g/mol. The summed E-state index contributed by atoms with van der Waals surface area (Å²) in [6.07, 6.45) is 3.59. The maximum absolute atomic E-state index is 10.5. The summed E-state index contributed by atoms with van der Waals surface area (Å²) in [6.45, 7) is 2.08. The summed E-state index contributed by atoms with van der Waals surface area (Å²) in [7, 11) is 0. The van der Waals surface area contributed by atoms with E-state index < -0.39 is 6.09 Å². The second kappa shape index (κ2) is 3.18. The van der Waals surface area contributed by atoms with Gasteiger partial charge in [-0.15, -0.1) is 0 Å². The van der Waals surface area contributed by atoms with E-state index in [-0.39, 0.29) is 6.04 Å². The molecule has 1 amide bonds. The molecule has 0 aromatic carbocycles. The monoisotopic (exact) mass is 184 g/mol. The van der Waals surface area contributed by atoms with Crippen LogP contribution in [0, 0.1) is 5.41 Å². The van der Waals surface area contributed by atoms with E-state index in [4.69, 9.17) is 5.11 Å². The van der Waals surface area contributed by atoms with Gasteiger partial charge in [-0.1, -0.05) is 0 Å². The Labute approximate surface area is 77.7 Å². The zero-order chi connectivity index (χ0) is 9.31. The van der Waals surface area contributed by atoms with Crippen LogP contribution in [0.4, 0.5) is 4.79 Å². The van der Waals surface area contributed by atoms with Crippen LogP contribution in [0.5, 0.6) is 0 Å². The number of rotatable bonds is 1. The third-order valence-electron chi connectivity index (χ3n) is 3.57. The summed E-state index contributed by atoms with van der Waals surface area (Å²) >= 11 is 0. The van der Waals surface area contributed by atoms with E-state index in [9.17, 15) is 4.79 Å². The van der Waals surface area contributed by atoms with Crippen molar-refractivity contribution in [1.82, 2.24) is 10.6 Å². The summed E-state index contributed by atoms with van der Waals surface area (Å²) in [6, 6.07) is 0.215. The summed E-state index contributed by atoms with van der Waals surface area (Å²) in [5.41, 5.74) is 0.295. The predicted octanol–water partition coefficient (Wildman–Crippen LogP) is 0.786. The minimum absolute atomic E-state index is 0.215. The van der Waals surface area contributed by atoms with Gasteiger partial charge >= 0.3 is 6.09 Å². The molecule has 1 spiro atoms. The van der Waals surface area contributed by atoms with Crippen LogP contribution in [0.25, 0.3) is 0 Å². The Balaban J connectivity index is 1.94. The molecule has 4 nitrogen and oxygen atoms in total. The summed E-state index contributed by atoms with van der Waals surface area (Å²) in [5.74, 6) is 0. The lowest BCUT2D eigenvalue weighted by Crippen LogP contribution is -2.58. The molecule has 0 radical (unpaired) electrons. The molecule has 2 rings (SSSR count). The number of hydrogen-bond donors (Lipinski definition) is 3. The quantitative estimate of drug-likeness (QED) is 0.564. The molecule has 1 aliphatic heterocycles. The average Bonchev–Trinajstić information content (AvgIpc) is 2.14. The Hall–Kier alpha value is -0.770. The molecular weight excluding hydrogens is 168 g/mol. The van der Waals surface area contributed by atoms with Crippen molar-refractivity contribution in [2.24, 2.45) is 5.41 Å². The van der Waals surface area contributed by atoms with E-state index in [1.165, 1.54) is 6.42 Å². The van der Waals surface area contributed by atoms with Gasteiger partial charge in [0.2, 0.25) is 0 Å². The fourth-order valence-electron chi connectivity index (χ4n) is 2.59. The lowest BCUT2D eigenvalue weighted by Gasteiger charge is -2.51. The minimum atomic E-state index is -0.873. The fraction of sp³-hybridized carbons (Fsp3) is 0.889. The molecule has 74 valence electrons. The van der Waals surface area contributed by atoms with Gasteiger partial charge < -0.3 is 15.7 Å². The lowest BCUT2D eigenvalue weighted by molar-refractivity contribution is 0.0314. The second-order valence-corrected chi connectivity index (χ2v) is 4.15. The fourth-order valence-corrected chi connectivity index (χ4v) is 2.59. The number of carbonyl (C=O) groups is 1. The zero-order valence-corrected chi connectivity index (χ0v) is 7.68. The largest absolute Gasteiger partial charge is 0.465 e. The van der Waals surface area contributed by atoms with Gasteiger partial charge in [-0.05, 0) is 44.2 Å². The van der Waals surface area contributed by atoms with Crippen LogP contribution in [0.3, 0.4) is 0 Å². The molecule has 1 heterocycles. The smallest absolute Gasteiger partial charge is 0.404 e. The summed E-state index contributed by atoms with van der Waals surface area (Å²) < 4.78 is 0. The standard InChI is InChI=1S/C9H16N2O2/c12-8(13)11-7-1-2-9(7)3-5-10-6-4-9/h7,10-11H,1-6H2,(H,12,13). The molecular formula is C9H16N2O2. The highest BCUT2D eigenvalue weighted by Crippen LogP contribution is 2.47. The molecule has 2 aliphatic rings. The number of nitrogens with one attached hydrogen (secondary N) is 2. The zero-order valence-electron chi connectivity index (χ0n) is 7.68. The third kappa shape index (κ3) is 1.50. The van der Waals surface area contributed by atoms with Gasteiger partial charge in [0.25, 0.3) is 0 Å². The van der Waals surface area contributed by atoms with Gasteiger partial charge in [-0.3, -0.25) is 0 Å². The SMILES string of the molecule is O=C(O)NC1CCC12CCNCC2. The molecule has 0 aromatic rings. The van der Waals surface area contributed by atoms with E-state index in [0.717, 1.165) is 32.4 Å². The van der Waals surface area contributed by atoms with Gasteiger partial charge in [0.05, 0.1) is 0 Å². The van der Waals surface area contributed by atoms with Crippen LogP contribution in [0.1, 0.15) is 25.7 Å².